The Morgan fingerprint density at radius 2 is 2.31 bits per heavy atom. The quantitative estimate of drug-likeness (QED) is 0.677. The fraction of sp³-hybridized carbons (Fsp3) is 0.727. The molecule has 2 rings (SSSR count). The molecule has 0 saturated heterocycles. The molecule has 90 valence electrons. The molecular formula is C11H19N3O2. The summed E-state index contributed by atoms with van der Waals surface area (Å²) in [7, 11) is 1.67. The fourth-order valence-corrected chi connectivity index (χ4v) is 1.58. The molecule has 0 aromatic carbocycles. The van der Waals surface area contributed by atoms with Crippen molar-refractivity contribution in [2.75, 3.05) is 38.8 Å². The minimum absolute atomic E-state index is 0.648. The van der Waals surface area contributed by atoms with E-state index in [2.05, 4.69) is 14.9 Å². The molecule has 1 heterocycles. The van der Waals surface area contributed by atoms with E-state index in [1.807, 2.05) is 12.4 Å². The van der Waals surface area contributed by atoms with Crippen LogP contribution in [0, 0.1) is 0 Å². The highest BCUT2D eigenvalue weighted by atomic mass is 16.5. The van der Waals surface area contributed by atoms with E-state index in [1.165, 1.54) is 12.8 Å². The number of ether oxygens (including phenoxy) is 2. The summed E-state index contributed by atoms with van der Waals surface area (Å²) in [6.45, 7) is 2.76. The molecule has 0 spiro atoms. The molecular weight excluding hydrogens is 206 g/mol. The van der Waals surface area contributed by atoms with Crippen LogP contribution in [0.25, 0.3) is 0 Å². The third kappa shape index (κ3) is 3.21. The van der Waals surface area contributed by atoms with Crippen LogP contribution in [-0.2, 0) is 9.47 Å². The summed E-state index contributed by atoms with van der Waals surface area (Å²) in [6.07, 6.45) is 6.42. The number of anilines is 1. The lowest BCUT2D eigenvalue weighted by Crippen LogP contribution is -2.14. The fourth-order valence-electron chi connectivity index (χ4n) is 1.58. The van der Waals surface area contributed by atoms with Gasteiger partial charge in [0.25, 0.3) is 0 Å². The van der Waals surface area contributed by atoms with Gasteiger partial charge in [-0.3, -0.25) is 0 Å². The van der Waals surface area contributed by atoms with Crippen molar-refractivity contribution in [2.24, 2.45) is 0 Å². The first kappa shape index (κ1) is 11.4. The van der Waals surface area contributed by atoms with Gasteiger partial charge in [-0.2, -0.15) is 0 Å². The van der Waals surface area contributed by atoms with E-state index in [9.17, 15) is 0 Å². The first-order chi connectivity index (χ1) is 7.92. The van der Waals surface area contributed by atoms with Gasteiger partial charge in [-0.05, 0) is 12.8 Å². The maximum Gasteiger partial charge on any atom is 0.203 e. The molecule has 1 aliphatic carbocycles. The number of aromatic nitrogens is 2. The Labute approximate surface area is 95.8 Å². The van der Waals surface area contributed by atoms with Crippen molar-refractivity contribution in [3.63, 3.8) is 0 Å². The molecule has 5 nitrogen and oxygen atoms in total. The van der Waals surface area contributed by atoms with Crippen molar-refractivity contribution in [1.29, 1.82) is 0 Å². The predicted molar refractivity (Wildman–Crippen MR) is 61.7 cm³/mol. The van der Waals surface area contributed by atoms with Gasteiger partial charge in [0.05, 0.1) is 19.8 Å². The minimum atomic E-state index is 0.648. The summed E-state index contributed by atoms with van der Waals surface area (Å²) >= 11 is 0. The zero-order valence-corrected chi connectivity index (χ0v) is 9.69. The first-order valence-electron chi connectivity index (χ1n) is 5.75. The number of hydrogen-bond donors (Lipinski definition) is 1. The molecule has 0 amide bonds. The molecule has 0 bridgehead atoms. The first-order valence-corrected chi connectivity index (χ1v) is 5.75. The summed E-state index contributed by atoms with van der Waals surface area (Å²) < 4.78 is 12.5. The number of nitrogens with zero attached hydrogens (tertiary/aromatic N) is 2. The standard InChI is InChI=1S/C11H19N3O2/c1-15-8-9-16-7-5-13-11-12-4-6-14(11)10-2-3-10/h4,6,10H,2-3,5,7-9H2,1H3,(H,12,13). The summed E-state index contributed by atoms with van der Waals surface area (Å²) in [5, 5.41) is 3.28. The Balaban J connectivity index is 1.63. The predicted octanol–water partition coefficient (Wildman–Crippen LogP) is 1.29. The van der Waals surface area contributed by atoms with Gasteiger partial charge in [-0.1, -0.05) is 0 Å². The second-order valence-corrected chi connectivity index (χ2v) is 3.92. The molecule has 1 saturated carbocycles. The molecule has 1 N–H and O–H groups in total. The molecule has 0 radical (unpaired) electrons. The second kappa shape index (κ2) is 5.86. The number of hydrogen-bond acceptors (Lipinski definition) is 4. The van der Waals surface area contributed by atoms with Gasteiger partial charge in [-0.15, -0.1) is 0 Å². The van der Waals surface area contributed by atoms with Gasteiger partial charge < -0.3 is 19.4 Å². The van der Waals surface area contributed by atoms with Gasteiger partial charge in [0.2, 0.25) is 5.95 Å². The van der Waals surface area contributed by atoms with Crippen LogP contribution >= 0.6 is 0 Å². The highest BCUT2D eigenvalue weighted by Crippen LogP contribution is 2.36. The van der Waals surface area contributed by atoms with Crippen molar-refractivity contribution >= 4 is 5.95 Å². The van der Waals surface area contributed by atoms with Crippen molar-refractivity contribution < 1.29 is 9.47 Å². The van der Waals surface area contributed by atoms with Crippen LogP contribution in [0.4, 0.5) is 5.95 Å². The van der Waals surface area contributed by atoms with Crippen LogP contribution in [0.2, 0.25) is 0 Å². The van der Waals surface area contributed by atoms with Crippen LogP contribution in [-0.4, -0.2) is 43.0 Å². The Bertz CT molecular complexity index is 310. The van der Waals surface area contributed by atoms with E-state index >= 15 is 0 Å². The molecule has 1 fully saturated rings. The van der Waals surface area contributed by atoms with E-state index in [-0.39, 0.29) is 0 Å². The second-order valence-electron chi connectivity index (χ2n) is 3.92. The SMILES string of the molecule is COCCOCCNc1nccn1C1CC1. The molecule has 0 aliphatic heterocycles. The zero-order valence-electron chi connectivity index (χ0n) is 9.69. The Hall–Kier alpha value is -1.07. The molecule has 1 aromatic rings. The summed E-state index contributed by atoms with van der Waals surface area (Å²) in [6, 6.07) is 0.666. The lowest BCUT2D eigenvalue weighted by molar-refractivity contribution is 0.0758. The number of methoxy groups -OCH3 is 1. The molecule has 0 unspecified atom stereocenters. The lowest BCUT2D eigenvalue weighted by atomic mass is 10.6. The van der Waals surface area contributed by atoms with E-state index in [4.69, 9.17) is 9.47 Å². The van der Waals surface area contributed by atoms with Crippen molar-refractivity contribution in [2.45, 2.75) is 18.9 Å². The van der Waals surface area contributed by atoms with Gasteiger partial charge in [0.15, 0.2) is 0 Å². The Morgan fingerprint density at radius 1 is 1.44 bits per heavy atom. The van der Waals surface area contributed by atoms with Crippen molar-refractivity contribution in [3.8, 4) is 0 Å². The van der Waals surface area contributed by atoms with Crippen LogP contribution in [0.5, 0.6) is 0 Å². The maximum absolute atomic E-state index is 5.36. The largest absolute Gasteiger partial charge is 0.382 e. The average molecular weight is 225 g/mol. The summed E-state index contributed by atoms with van der Waals surface area (Å²) in [5.41, 5.74) is 0. The zero-order chi connectivity index (χ0) is 11.2. The topological polar surface area (TPSA) is 48.3 Å². The van der Waals surface area contributed by atoms with Crippen LogP contribution in [0.15, 0.2) is 12.4 Å². The molecule has 0 atom stereocenters. The Morgan fingerprint density at radius 3 is 3.06 bits per heavy atom. The monoisotopic (exact) mass is 225 g/mol. The molecule has 1 aromatic heterocycles. The van der Waals surface area contributed by atoms with Crippen molar-refractivity contribution in [1.82, 2.24) is 9.55 Å². The van der Waals surface area contributed by atoms with Gasteiger partial charge in [0, 0.05) is 32.1 Å². The van der Waals surface area contributed by atoms with Gasteiger partial charge >= 0.3 is 0 Å². The lowest BCUT2D eigenvalue weighted by Gasteiger charge is -2.08. The van der Waals surface area contributed by atoms with E-state index < -0.39 is 0 Å². The van der Waals surface area contributed by atoms with Gasteiger partial charge in [0.1, 0.15) is 0 Å². The number of imidazole rings is 1. The van der Waals surface area contributed by atoms with Crippen LogP contribution in [0.1, 0.15) is 18.9 Å². The summed E-state index contributed by atoms with van der Waals surface area (Å²) in [5.74, 6) is 0.956. The maximum atomic E-state index is 5.36. The third-order valence-corrected chi connectivity index (χ3v) is 2.57. The Kier molecular flexibility index (Phi) is 4.18. The molecule has 16 heavy (non-hydrogen) atoms. The minimum Gasteiger partial charge on any atom is -0.382 e. The number of nitrogens with one attached hydrogen (secondary N) is 1. The molecule has 5 heteroatoms. The molecule has 1 aliphatic rings. The normalized spacial score (nSPS) is 15.3. The number of rotatable bonds is 8. The van der Waals surface area contributed by atoms with Crippen LogP contribution < -0.4 is 5.32 Å². The van der Waals surface area contributed by atoms with Gasteiger partial charge in [-0.25, -0.2) is 4.98 Å². The van der Waals surface area contributed by atoms with E-state index in [0.717, 1.165) is 12.5 Å². The third-order valence-electron chi connectivity index (χ3n) is 2.57. The average Bonchev–Trinajstić information content (AvgIpc) is 3.04. The van der Waals surface area contributed by atoms with Crippen LogP contribution in [0.3, 0.4) is 0 Å². The van der Waals surface area contributed by atoms with E-state index in [1.54, 1.807) is 7.11 Å². The highest BCUT2D eigenvalue weighted by molar-refractivity contribution is 5.27. The summed E-state index contributed by atoms with van der Waals surface area (Å²) in [4.78, 5) is 4.28. The smallest absolute Gasteiger partial charge is 0.203 e. The van der Waals surface area contributed by atoms with Crippen molar-refractivity contribution in [3.05, 3.63) is 12.4 Å². The highest BCUT2D eigenvalue weighted by Gasteiger charge is 2.25. The van der Waals surface area contributed by atoms with E-state index in [0.29, 0.717) is 25.9 Å².